The molecule has 0 aliphatic carbocycles. The zero-order valence-corrected chi connectivity index (χ0v) is 48.1. The molecule has 1 unspecified atom stereocenters. The molecule has 21 heteroatoms. The van der Waals surface area contributed by atoms with Gasteiger partial charge in [0.15, 0.2) is 0 Å². The molecule has 416 valence electrons. The molecule has 0 bridgehead atoms. The average molecular weight is 1100 g/mol. The first-order chi connectivity index (χ1) is 36.8. The van der Waals surface area contributed by atoms with Crippen LogP contribution in [0.15, 0.2) is 110 Å². The highest BCUT2D eigenvalue weighted by Gasteiger charge is 2.53. The number of hydrogen-bond acceptors (Lipinski definition) is 15. The zero-order valence-electron chi connectivity index (χ0n) is 46.2. The summed E-state index contributed by atoms with van der Waals surface area (Å²) in [5.41, 5.74) is -0.707. The van der Waals surface area contributed by atoms with Crippen molar-refractivity contribution in [3.8, 4) is 17.6 Å². The maximum Gasteiger partial charge on any atom is 0.343 e. The van der Waals surface area contributed by atoms with Gasteiger partial charge in [-0.15, -0.1) is 0 Å². The SMILES string of the molecule is COc1ccc(C(OC[C@H]2O[C@@H](n3cc(C)c(=O)[nH]c3=O)C[C@@H]2O[Si](OC[C@H]2O[C@@H](n3cc(C)c(=O)[nH]c3=O)C[C@@H]2OP(OCCC#N)N(C(C)C)C(C)C)(C(C)C)C(C)C)(c2ccccc2)c2ccc(OC)cc2)cc1. The quantitative estimate of drug-likeness (QED) is 0.0242. The van der Waals surface area contributed by atoms with Gasteiger partial charge in [0.25, 0.3) is 19.6 Å². The predicted molar refractivity (Wildman–Crippen MR) is 294 cm³/mol. The van der Waals surface area contributed by atoms with E-state index in [0.717, 1.165) is 16.7 Å². The summed E-state index contributed by atoms with van der Waals surface area (Å²) in [6, 6.07) is 27.5. The van der Waals surface area contributed by atoms with Gasteiger partial charge in [0.1, 0.15) is 41.8 Å². The Balaban J connectivity index is 1.29. The van der Waals surface area contributed by atoms with Crippen molar-refractivity contribution >= 4 is 17.1 Å². The summed E-state index contributed by atoms with van der Waals surface area (Å²) in [5.74, 6) is 1.33. The number of nitriles is 1. The van der Waals surface area contributed by atoms with E-state index < -0.39 is 82.1 Å². The van der Waals surface area contributed by atoms with Crippen molar-refractivity contribution in [2.24, 2.45) is 0 Å². The molecule has 5 aromatic rings. The molecular weight excluding hydrogens is 1020 g/mol. The van der Waals surface area contributed by atoms with Gasteiger partial charge in [0.2, 0.25) is 0 Å². The molecular formula is C56H75N6O13PSi. The summed E-state index contributed by atoms with van der Waals surface area (Å²) in [7, 11) is -2.01. The van der Waals surface area contributed by atoms with Crippen molar-refractivity contribution < 1.29 is 41.6 Å². The van der Waals surface area contributed by atoms with Gasteiger partial charge in [-0.2, -0.15) is 5.26 Å². The Morgan fingerprint density at radius 1 is 0.701 bits per heavy atom. The van der Waals surface area contributed by atoms with Crippen LogP contribution in [-0.2, 0) is 37.7 Å². The highest BCUT2D eigenvalue weighted by Crippen LogP contribution is 2.51. The molecule has 2 fully saturated rings. The number of methoxy groups -OCH3 is 2. The van der Waals surface area contributed by atoms with Crippen molar-refractivity contribution in [3.63, 3.8) is 0 Å². The van der Waals surface area contributed by atoms with E-state index in [1.807, 2.05) is 78.9 Å². The van der Waals surface area contributed by atoms with Gasteiger partial charge < -0.3 is 41.6 Å². The lowest BCUT2D eigenvalue weighted by molar-refractivity contribution is -0.0970. The van der Waals surface area contributed by atoms with Crippen LogP contribution in [0.1, 0.15) is 115 Å². The molecule has 2 aliphatic heterocycles. The fraction of sp³-hybridized carbons (Fsp3) is 0.518. The summed E-state index contributed by atoms with van der Waals surface area (Å²) in [6.07, 6.45) is -1.17. The van der Waals surface area contributed by atoms with Crippen molar-refractivity contribution in [2.45, 2.75) is 154 Å². The van der Waals surface area contributed by atoms with Crippen molar-refractivity contribution in [1.82, 2.24) is 23.8 Å². The van der Waals surface area contributed by atoms with Gasteiger partial charge in [0.05, 0.1) is 58.7 Å². The molecule has 2 aliphatic rings. The molecule has 77 heavy (non-hydrogen) atoms. The fourth-order valence-electron chi connectivity index (χ4n) is 10.3. The first-order valence-electron chi connectivity index (χ1n) is 26.3. The molecule has 2 aromatic heterocycles. The molecule has 0 saturated carbocycles. The Hall–Kier alpha value is -5.56. The van der Waals surface area contributed by atoms with Gasteiger partial charge in [0, 0.05) is 48.4 Å². The Bertz CT molecular complexity index is 2950. The van der Waals surface area contributed by atoms with E-state index in [4.69, 9.17) is 41.6 Å². The average Bonchev–Trinajstić information content (AvgIpc) is 4.04. The standard InChI is InChI=1S/C56H75N6O13PSi/c1-35(2)62(36(3)4)76(70-28-16-27-57)74-46-29-50(60-31-39(9)52(63)58-54(60)65)73-49(46)34-71-77(37(5)6,38(7)8)75-47-30-51(61-32-40(10)53(64)59-55(61)66)72-48(47)33-69-56(41-17-14-13-15-18-41,42-19-23-44(67-11)24-20-42)43-21-25-45(68-12)26-22-43/h13-15,17-26,31-32,35-38,46-51H,16,28-30,33-34H2,1-12H3,(H,58,63,65)(H,59,64,66)/t46-,47-,48+,49+,50+,51+,76?/m0/s1. The number of ether oxygens (including phenoxy) is 5. The number of aromatic nitrogens is 4. The minimum Gasteiger partial charge on any atom is -0.497 e. The normalized spacial score (nSPS) is 20.4. The van der Waals surface area contributed by atoms with Crippen LogP contribution in [-0.4, -0.2) is 103 Å². The summed E-state index contributed by atoms with van der Waals surface area (Å²) < 4.78 is 65.4. The fourth-order valence-corrected chi connectivity index (χ4v) is 15.8. The lowest BCUT2D eigenvalue weighted by Gasteiger charge is -2.42. The van der Waals surface area contributed by atoms with Crippen LogP contribution in [0.2, 0.25) is 11.1 Å². The molecule has 3 aromatic carbocycles. The van der Waals surface area contributed by atoms with Gasteiger partial charge in [-0.25, -0.2) is 14.3 Å². The third-order valence-corrected chi connectivity index (χ3v) is 20.9. The number of hydrogen-bond donors (Lipinski definition) is 2. The second-order valence-corrected chi connectivity index (χ2v) is 26.4. The van der Waals surface area contributed by atoms with Crippen LogP contribution >= 0.6 is 8.53 Å². The Kier molecular flexibility index (Phi) is 19.9. The lowest BCUT2D eigenvalue weighted by atomic mass is 9.80. The van der Waals surface area contributed by atoms with Crippen molar-refractivity contribution in [2.75, 3.05) is 34.0 Å². The van der Waals surface area contributed by atoms with E-state index in [2.05, 4.69) is 76.1 Å². The third-order valence-electron chi connectivity index (χ3n) is 14.2. The van der Waals surface area contributed by atoms with Crippen LogP contribution in [0.4, 0.5) is 0 Å². The van der Waals surface area contributed by atoms with Gasteiger partial charge in [-0.05, 0) is 93.6 Å². The molecule has 7 atom stereocenters. The topological polar surface area (TPSA) is 220 Å². The summed E-state index contributed by atoms with van der Waals surface area (Å²) in [6.45, 7) is 19.8. The van der Waals surface area contributed by atoms with Crippen LogP contribution in [0.3, 0.4) is 0 Å². The Morgan fingerprint density at radius 3 is 1.62 bits per heavy atom. The second kappa shape index (κ2) is 25.9. The maximum absolute atomic E-state index is 13.6. The molecule has 4 heterocycles. The molecule has 0 spiro atoms. The Labute approximate surface area is 452 Å². The number of aryl methyl sites for hydroxylation is 2. The second-order valence-electron chi connectivity index (χ2n) is 20.7. The van der Waals surface area contributed by atoms with E-state index in [1.54, 1.807) is 28.1 Å². The van der Waals surface area contributed by atoms with Crippen LogP contribution in [0.25, 0.3) is 0 Å². The van der Waals surface area contributed by atoms with Crippen LogP contribution < -0.4 is 32.0 Å². The highest BCUT2D eigenvalue weighted by atomic mass is 31.2. The zero-order chi connectivity index (χ0) is 55.8. The molecule has 19 nitrogen and oxygen atoms in total. The smallest absolute Gasteiger partial charge is 0.343 e. The van der Waals surface area contributed by atoms with E-state index in [-0.39, 0.29) is 62.2 Å². The molecule has 0 amide bonds. The van der Waals surface area contributed by atoms with Gasteiger partial charge in [-0.1, -0.05) is 82.3 Å². The van der Waals surface area contributed by atoms with Crippen molar-refractivity contribution in [3.05, 3.63) is 161 Å². The summed E-state index contributed by atoms with van der Waals surface area (Å²) in [5, 5.41) is 9.46. The number of nitrogens with one attached hydrogen (secondary N) is 2. The number of H-pyrrole nitrogens is 2. The van der Waals surface area contributed by atoms with Gasteiger partial charge in [-0.3, -0.25) is 28.7 Å². The first kappa shape index (κ1) is 59.1. The largest absolute Gasteiger partial charge is 0.497 e. The molecule has 7 rings (SSSR count). The lowest BCUT2D eigenvalue weighted by Crippen LogP contribution is -2.54. The van der Waals surface area contributed by atoms with Crippen LogP contribution in [0.5, 0.6) is 11.5 Å². The van der Waals surface area contributed by atoms with Gasteiger partial charge >= 0.3 is 19.9 Å². The van der Waals surface area contributed by atoms with E-state index in [9.17, 15) is 24.4 Å². The Morgan fingerprint density at radius 2 is 1.17 bits per heavy atom. The minimum atomic E-state index is -3.49. The molecule has 0 radical (unpaired) electrons. The van der Waals surface area contributed by atoms with Crippen LogP contribution in [0, 0.1) is 25.2 Å². The van der Waals surface area contributed by atoms with E-state index in [1.165, 1.54) is 21.5 Å². The number of nitrogens with zero attached hydrogens (tertiary/aromatic N) is 4. The number of benzene rings is 3. The molecule has 2 N–H and O–H groups in total. The molecule has 2 saturated heterocycles. The summed E-state index contributed by atoms with van der Waals surface area (Å²) >= 11 is 0. The predicted octanol–water partition coefficient (Wildman–Crippen LogP) is 8.63. The number of rotatable bonds is 25. The third kappa shape index (κ3) is 13.1. The first-order valence-corrected chi connectivity index (χ1v) is 29.4. The minimum absolute atomic E-state index is 0.00590. The number of aromatic amines is 2. The highest BCUT2D eigenvalue weighted by molar-refractivity contribution is 7.44. The monoisotopic (exact) mass is 1100 g/mol. The van der Waals surface area contributed by atoms with E-state index >= 15 is 0 Å². The van der Waals surface area contributed by atoms with E-state index in [0.29, 0.717) is 22.6 Å². The summed E-state index contributed by atoms with van der Waals surface area (Å²) in [4.78, 5) is 57.1. The maximum atomic E-state index is 13.6. The van der Waals surface area contributed by atoms with Crippen molar-refractivity contribution in [1.29, 1.82) is 5.26 Å².